The van der Waals surface area contributed by atoms with Gasteiger partial charge in [-0.15, -0.1) is 5.10 Å². The number of hydrogen-bond acceptors (Lipinski definition) is 4. The van der Waals surface area contributed by atoms with Crippen LogP contribution in [0.15, 0.2) is 30.5 Å². The molecule has 0 amide bonds. The van der Waals surface area contributed by atoms with Crippen molar-refractivity contribution in [1.29, 1.82) is 0 Å². The first kappa shape index (κ1) is 12.7. The highest BCUT2D eigenvalue weighted by Crippen LogP contribution is 2.27. The van der Waals surface area contributed by atoms with Crippen molar-refractivity contribution in [2.45, 2.75) is 0 Å². The number of carbonyl (C=O) groups excluding carboxylic acids is 1. The topological polar surface area (TPSA) is 70.1 Å². The first-order valence-electron chi connectivity index (χ1n) is 4.98. The first-order chi connectivity index (χ1) is 8.56. The van der Waals surface area contributed by atoms with Gasteiger partial charge in [-0.1, -0.05) is 23.2 Å². The van der Waals surface area contributed by atoms with Crippen LogP contribution < -0.4 is 10.5 Å². The predicted molar refractivity (Wildman–Crippen MR) is 69.2 cm³/mol. The smallest absolute Gasteiger partial charge is 0.284 e. The number of halogens is 2. The van der Waals surface area contributed by atoms with Crippen LogP contribution in [-0.4, -0.2) is 22.3 Å². The van der Waals surface area contributed by atoms with Gasteiger partial charge in [-0.05, 0) is 18.2 Å². The van der Waals surface area contributed by atoms with E-state index in [2.05, 4.69) is 5.10 Å². The zero-order chi connectivity index (χ0) is 13.1. The Morgan fingerprint density at radius 2 is 2.17 bits per heavy atom. The Labute approximate surface area is 113 Å². The summed E-state index contributed by atoms with van der Waals surface area (Å²) in [4.78, 5) is 11.7. The van der Waals surface area contributed by atoms with Gasteiger partial charge < -0.3 is 10.5 Å². The molecule has 0 spiro atoms. The maximum Gasteiger partial charge on any atom is 0.284 e. The molecule has 5 nitrogen and oxygen atoms in total. The average molecular weight is 286 g/mol. The van der Waals surface area contributed by atoms with Gasteiger partial charge in [0.05, 0.1) is 5.02 Å². The van der Waals surface area contributed by atoms with E-state index in [1.807, 2.05) is 0 Å². The fourth-order valence-electron chi connectivity index (χ4n) is 1.27. The maximum atomic E-state index is 11.7. The third kappa shape index (κ3) is 2.94. The van der Waals surface area contributed by atoms with Crippen LogP contribution in [0.25, 0.3) is 0 Å². The van der Waals surface area contributed by atoms with Crippen LogP contribution >= 0.6 is 23.2 Å². The lowest BCUT2D eigenvalue weighted by Crippen LogP contribution is -2.20. The largest absolute Gasteiger partial charge is 0.482 e. The Bertz CT molecular complexity index is 583. The van der Waals surface area contributed by atoms with E-state index in [4.69, 9.17) is 33.7 Å². The van der Waals surface area contributed by atoms with Crippen LogP contribution in [0.3, 0.4) is 0 Å². The van der Waals surface area contributed by atoms with E-state index in [-0.39, 0.29) is 18.3 Å². The Balaban J connectivity index is 2.01. The van der Waals surface area contributed by atoms with Crippen molar-refractivity contribution in [2.24, 2.45) is 0 Å². The summed E-state index contributed by atoms with van der Waals surface area (Å²) in [5.74, 6) is 0.306. The van der Waals surface area contributed by atoms with Gasteiger partial charge >= 0.3 is 0 Å². The van der Waals surface area contributed by atoms with Crippen molar-refractivity contribution >= 4 is 34.9 Å². The van der Waals surface area contributed by atoms with Crippen LogP contribution in [0, 0.1) is 0 Å². The summed E-state index contributed by atoms with van der Waals surface area (Å²) < 4.78 is 6.39. The molecule has 94 valence electrons. The van der Waals surface area contributed by atoms with E-state index in [0.29, 0.717) is 15.8 Å². The number of benzene rings is 1. The van der Waals surface area contributed by atoms with Crippen molar-refractivity contribution in [1.82, 2.24) is 9.78 Å². The van der Waals surface area contributed by atoms with Gasteiger partial charge in [0.2, 0.25) is 0 Å². The van der Waals surface area contributed by atoms with E-state index in [0.717, 1.165) is 4.68 Å². The minimum Gasteiger partial charge on any atom is -0.482 e. The average Bonchev–Trinajstić information content (AvgIpc) is 2.74. The maximum absolute atomic E-state index is 11.7. The number of nitrogens with zero attached hydrogens (tertiary/aromatic N) is 2. The second-order valence-electron chi connectivity index (χ2n) is 3.44. The molecule has 0 saturated carbocycles. The number of rotatable bonds is 3. The summed E-state index contributed by atoms with van der Waals surface area (Å²) >= 11 is 11.6. The van der Waals surface area contributed by atoms with Crippen molar-refractivity contribution in [3.05, 3.63) is 40.5 Å². The van der Waals surface area contributed by atoms with E-state index in [1.54, 1.807) is 12.1 Å². The van der Waals surface area contributed by atoms with Crippen molar-refractivity contribution in [2.75, 3.05) is 12.3 Å². The molecule has 2 rings (SSSR count). The number of hydrogen-bond donors (Lipinski definition) is 1. The Kier molecular flexibility index (Phi) is 3.74. The summed E-state index contributed by atoms with van der Waals surface area (Å²) in [6, 6.07) is 6.27. The molecule has 0 saturated heterocycles. The lowest BCUT2D eigenvalue weighted by molar-refractivity contribution is 0.0821. The van der Waals surface area contributed by atoms with Crippen LogP contribution in [0.4, 0.5) is 5.82 Å². The zero-order valence-corrected chi connectivity index (χ0v) is 10.6. The molecule has 7 heteroatoms. The third-order valence-corrected chi connectivity index (χ3v) is 2.64. The van der Waals surface area contributed by atoms with Gasteiger partial charge in [0, 0.05) is 17.3 Å². The van der Waals surface area contributed by atoms with Crippen molar-refractivity contribution < 1.29 is 9.53 Å². The van der Waals surface area contributed by atoms with Gasteiger partial charge in [0.25, 0.3) is 5.91 Å². The minimum absolute atomic E-state index is 0.192. The fourth-order valence-corrected chi connectivity index (χ4v) is 1.74. The van der Waals surface area contributed by atoms with Crippen LogP contribution in [0.5, 0.6) is 5.75 Å². The van der Waals surface area contributed by atoms with Crippen LogP contribution in [0.2, 0.25) is 10.0 Å². The molecule has 0 aliphatic heterocycles. The summed E-state index contributed by atoms with van der Waals surface area (Å²) in [5.41, 5.74) is 5.40. The van der Waals surface area contributed by atoms with E-state index >= 15 is 0 Å². The van der Waals surface area contributed by atoms with E-state index in [9.17, 15) is 4.79 Å². The number of carbonyl (C=O) groups is 1. The highest BCUT2D eigenvalue weighted by Gasteiger charge is 2.09. The molecule has 0 aliphatic rings. The molecule has 0 unspecified atom stereocenters. The first-order valence-corrected chi connectivity index (χ1v) is 5.74. The van der Waals surface area contributed by atoms with Gasteiger partial charge in [-0.3, -0.25) is 4.79 Å². The molecule has 0 aliphatic carbocycles. The second kappa shape index (κ2) is 5.29. The number of anilines is 1. The lowest BCUT2D eigenvalue weighted by atomic mass is 10.3. The lowest BCUT2D eigenvalue weighted by Gasteiger charge is -2.07. The SMILES string of the molecule is Nc1ccn(C(=O)COc2ccc(Cl)cc2Cl)n1. The standard InChI is InChI=1S/C11H9Cl2N3O2/c12-7-1-2-9(8(13)5-7)18-6-11(17)16-4-3-10(14)15-16/h1-5H,6H2,(H2,14,15). The van der Waals surface area contributed by atoms with Crippen molar-refractivity contribution in [3.63, 3.8) is 0 Å². The molecule has 1 heterocycles. The molecule has 1 aromatic heterocycles. The fraction of sp³-hybridized carbons (Fsp3) is 0.0909. The summed E-state index contributed by atoms with van der Waals surface area (Å²) in [6.45, 7) is -0.192. The summed E-state index contributed by atoms with van der Waals surface area (Å²) in [5, 5.41) is 4.61. The molecule has 0 bridgehead atoms. The summed E-state index contributed by atoms with van der Waals surface area (Å²) in [6.07, 6.45) is 1.46. The van der Waals surface area contributed by atoms with Gasteiger partial charge in [-0.25, -0.2) is 4.68 Å². The molecular formula is C11H9Cl2N3O2. The van der Waals surface area contributed by atoms with E-state index < -0.39 is 0 Å². The Morgan fingerprint density at radius 3 is 2.78 bits per heavy atom. The minimum atomic E-state index is -0.349. The Morgan fingerprint density at radius 1 is 1.39 bits per heavy atom. The van der Waals surface area contributed by atoms with E-state index in [1.165, 1.54) is 18.3 Å². The number of aromatic nitrogens is 2. The highest BCUT2D eigenvalue weighted by molar-refractivity contribution is 6.35. The summed E-state index contributed by atoms with van der Waals surface area (Å²) in [7, 11) is 0. The van der Waals surface area contributed by atoms with Crippen LogP contribution in [0.1, 0.15) is 4.79 Å². The molecular weight excluding hydrogens is 277 g/mol. The van der Waals surface area contributed by atoms with Crippen molar-refractivity contribution in [3.8, 4) is 5.75 Å². The molecule has 2 aromatic rings. The Hall–Kier alpha value is -1.72. The molecule has 2 N–H and O–H groups in total. The molecule has 0 radical (unpaired) electrons. The molecule has 1 aromatic carbocycles. The normalized spacial score (nSPS) is 10.3. The number of ether oxygens (including phenoxy) is 1. The molecule has 0 fully saturated rings. The highest BCUT2D eigenvalue weighted by atomic mass is 35.5. The predicted octanol–water partition coefficient (Wildman–Crippen LogP) is 2.49. The van der Waals surface area contributed by atoms with Crippen LogP contribution in [-0.2, 0) is 0 Å². The zero-order valence-electron chi connectivity index (χ0n) is 9.14. The van der Waals surface area contributed by atoms with Gasteiger partial charge in [0.15, 0.2) is 6.61 Å². The molecule has 18 heavy (non-hydrogen) atoms. The van der Waals surface area contributed by atoms with Gasteiger partial charge in [-0.2, -0.15) is 0 Å². The van der Waals surface area contributed by atoms with Gasteiger partial charge in [0.1, 0.15) is 11.6 Å². The third-order valence-electron chi connectivity index (χ3n) is 2.11. The quantitative estimate of drug-likeness (QED) is 0.941. The second-order valence-corrected chi connectivity index (χ2v) is 4.29. The number of nitrogen functional groups attached to an aromatic ring is 1. The number of nitrogens with two attached hydrogens (primary N) is 1. The monoisotopic (exact) mass is 285 g/mol. The molecule has 0 atom stereocenters.